The minimum Gasteiger partial charge on any atom is -0.308 e. The van der Waals surface area contributed by atoms with Gasteiger partial charge in [-0.1, -0.05) is 30.3 Å². The molecule has 0 saturated carbocycles. The number of rotatable bonds is 5. The lowest BCUT2D eigenvalue weighted by molar-refractivity contribution is 0.633. The van der Waals surface area contributed by atoms with Gasteiger partial charge in [0, 0.05) is 30.9 Å². The van der Waals surface area contributed by atoms with Crippen molar-refractivity contribution in [1.82, 2.24) is 15.1 Å². The highest BCUT2D eigenvalue weighted by atomic mass is 15.3. The van der Waals surface area contributed by atoms with Gasteiger partial charge in [-0.25, -0.2) is 0 Å². The second-order valence-electron chi connectivity index (χ2n) is 4.16. The van der Waals surface area contributed by atoms with Crippen LogP contribution < -0.4 is 5.32 Å². The van der Waals surface area contributed by atoms with Gasteiger partial charge in [0.15, 0.2) is 0 Å². The Morgan fingerprint density at radius 1 is 1.18 bits per heavy atom. The van der Waals surface area contributed by atoms with Gasteiger partial charge in [-0.3, -0.25) is 4.68 Å². The molecule has 2 aromatic rings. The maximum Gasteiger partial charge on any atom is 0.0537 e. The van der Waals surface area contributed by atoms with Gasteiger partial charge in [-0.2, -0.15) is 5.10 Å². The van der Waals surface area contributed by atoms with Crippen molar-refractivity contribution in [3.05, 3.63) is 53.3 Å². The van der Waals surface area contributed by atoms with Crippen LogP contribution in [0.4, 0.5) is 0 Å². The predicted octanol–water partition coefficient (Wildman–Crippen LogP) is 2.50. The molecule has 0 aliphatic heterocycles. The average Bonchev–Trinajstić information content (AvgIpc) is 2.72. The summed E-state index contributed by atoms with van der Waals surface area (Å²) in [5.74, 6) is 0. The average molecular weight is 229 g/mol. The van der Waals surface area contributed by atoms with E-state index < -0.39 is 0 Å². The lowest BCUT2D eigenvalue weighted by Crippen LogP contribution is -2.13. The number of benzene rings is 1. The van der Waals surface area contributed by atoms with Gasteiger partial charge in [-0.05, 0) is 19.4 Å². The molecule has 0 amide bonds. The Morgan fingerprint density at radius 3 is 2.59 bits per heavy atom. The standard InChI is InChI=1S/C14H19N3/c1-3-17-12(2)14(11-16-17)10-15-9-13-7-5-4-6-8-13/h4-8,11,15H,3,9-10H2,1-2H3. The maximum absolute atomic E-state index is 4.34. The Balaban J connectivity index is 1.88. The van der Waals surface area contributed by atoms with E-state index in [1.165, 1.54) is 16.8 Å². The first kappa shape index (κ1) is 11.9. The third kappa shape index (κ3) is 2.94. The summed E-state index contributed by atoms with van der Waals surface area (Å²) >= 11 is 0. The fourth-order valence-corrected chi connectivity index (χ4v) is 1.91. The van der Waals surface area contributed by atoms with E-state index in [4.69, 9.17) is 0 Å². The van der Waals surface area contributed by atoms with Crippen LogP contribution in [0.5, 0.6) is 0 Å². The van der Waals surface area contributed by atoms with E-state index in [0.717, 1.165) is 19.6 Å². The van der Waals surface area contributed by atoms with Crippen LogP contribution in [0.15, 0.2) is 36.5 Å². The normalized spacial score (nSPS) is 10.7. The molecule has 17 heavy (non-hydrogen) atoms. The van der Waals surface area contributed by atoms with Crippen LogP contribution in [0.25, 0.3) is 0 Å². The van der Waals surface area contributed by atoms with Crippen LogP contribution in [0.2, 0.25) is 0 Å². The van der Waals surface area contributed by atoms with Gasteiger partial charge in [0.2, 0.25) is 0 Å². The van der Waals surface area contributed by atoms with Crippen LogP contribution in [0.3, 0.4) is 0 Å². The molecule has 0 aliphatic rings. The van der Waals surface area contributed by atoms with Gasteiger partial charge in [0.05, 0.1) is 6.20 Å². The third-order valence-electron chi connectivity index (χ3n) is 2.99. The molecule has 0 atom stereocenters. The van der Waals surface area contributed by atoms with Crippen molar-refractivity contribution < 1.29 is 0 Å². The topological polar surface area (TPSA) is 29.9 Å². The van der Waals surface area contributed by atoms with Crippen molar-refractivity contribution >= 4 is 0 Å². The largest absolute Gasteiger partial charge is 0.308 e. The molecule has 0 spiro atoms. The second-order valence-corrected chi connectivity index (χ2v) is 4.16. The molecule has 0 radical (unpaired) electrons. The fourth-order valence-electron chi connectivity index (χ4n) is 1.91. The van der Waals surface area contributed by atoms with E-state index in [2.05, 4.69) is 48.5 Å². The Kier molecular flexibility index (Phi) is 3.94. The smallest absolute Gasteiger partial charge is 0.0537 e. The maximum atomic E-state index is 4.34. The summed E-state index contributed by atoms with van der Waals surface area (Å²) in [6.45, 7) is 6.94. The quantitative estimate of drug-likeness (QED) is 0.853. The first-order valence-corrected chi connectivity index (χ1v) is 6.07. The molecule has 3 nitrogen and oxygen atoms in total. The summed E-state index contributed by atoms with van der Waals surface area (Å²) in [5.41, 5.74) is 3.85. The van der Waals surface area contributed by atoms with E-state index in [1.807, 2.05) is 16.9 Å². The zero-order valence-corrected chi connectivity index (χ0v) is 10.5. The Hall–Kier alpha value is -1.61. The monoisotopic (exact) mass is 229 g/mol. The SMILES string of the molecule is CCn1ncc(CNCc2ccccc2)c1C. The molecule has 90 valence electrons. The summed E-state index contributed by atoms with van der Waals surface area (Å²) in [6, 6.07) is 10.4. The lowest BCUT2D eigenvalue weighted by Gasteiger charge is -2.05. The number of hydrogen-bond acceptors (Lipinski definition) is 2. The van der Waals surface area contributed by atoms with Crippen LogP contribution >= 0.6 is 0 Å². The summed E-state index contributed by atoms with van der Waals surface area (Å²) in [5, 5.41) is 7.78. The number of nitrogens with one attached hydrogen (secondary N) is 1. The molecule has 0 fully saturated rings. The Morgan fingerprint density at radius 2 is 1.94 bits per heavy atom. The number of hydrogen-bond donors (Lipinski definition) is 1. The van der Waals surface area contributed by atoms with Crippen molar-refractivity contribution in [3.63, 3.8) is 0 Å². The van der Waals surface area contributed by atoms with Crippen molar-refractivity contribution in [3.8, 4) is 0 Å². The van der Waals surface area contributed by atoms with Gasteiger partial charge >= 0.3 is 0 Å². The molecule has 2 rings (SSSR count). The molecule has 0 bridgehead atoms. The molecule has 1 heterocycles. The highest BCUT2D eigenvalue weighted by molar-refractivity contribution is 5.17. The predicted molar refractivity (Wildman–Crippen MR) is 69.6 cm³/mol. The second kappa shape index (κ2) is 5.64. The molecular formula is C14H19N3. The molecule has 1 aromatic heterocycles. The van der Waals surface area contributed by atoms with E-state index in [1.54, 1.807) is 0 Å². The van der Waals surface area contributed by atoms with Crippen LogP contribution in [-0.2, 0) is 19.6 Å². The number of aromatic nitrogens is 2. The molecule has 0 unspecified atom stereocenters. The van der Waals surface area contributed by atoms with Crippen molar-refractivity contribution in [2.75, 3.05) is 0 Å². The minimum atomic E-state index is 0.876. The van der Waals surface area contributed by atoms with Crippen molar-refractivity contribution in [1.29, 1.82) is 0 Å². The van der Waals surface area contributed by atoms with Crippen LogP contribution in [0, 0.1) is 6.92 Å². The van der Waals surface area contributed by atoms with Crippen LogP contribution in [0.1, 0.15) is 23.7 Å². The molecule has 1 N–H and O–H groups in total. The van der Waals surface area contributed by atoms with Gasteiger partial charge in [-0.15, -0.1) is 0 Å². The van der Waals surface area contributed by atoms with Crippen LogP contribution in [-0.4, -0.2) is 9.78 Å². The first-order valence-electron chi connectivity index (χ1n) is 6.07. The summed E-state index contributed by atoms with van der Waals surface area (Å²) in [4.78, 5) is 0. The summed E-state index contributed by atoms with van der Waals surface area (Å²) in [7, 11) is 0. The van der Waals surface area contributed by atoms with Crippen molar-refractivity contribution in [2.24, 2.45) is 0 Å². The molecule has 3 heteroatoms. The highest BCUT2D eigenvalue weighted by Gasteiger charge is 2.03. The summed E-state index contributed by atoms with van der Waals surface area (Å²) < 4.78 is 2.03. The van der Waals surface area contributed by atoms with Gasteiger partial charge in [0.1, 0.15) is 0 Å². The minimum absolute atomic E-state index is 0.876. The van der Waals surface area contributed by atoms with E-state index in [9.17, 15) is 0 Å². The Labute approximate surface area is 102 Å². The third-order valence-corrected chi connectivity index (χ3v) is 2.99. The molecule has 0 aliphatic carbocycles. The zero-order valence-electron chi connectivity index (χ0n) is 10.5. The fraction of sp³-hybridized carbons (Fsp3) is 0.357. The summed E-state index contributed by atoms with van der Waals surface area (Å²) in [6.07, 6.45) is 1.96. The van der Waals surface area contributed by atoms with Gasteiger partial charge < -0.3 is 5.32 Å². The Bertz CT molecular complexity index is 460. The first-order chi connectivity index (χ1) is 8.31. The highest BCUT2D eigenvalue weighted by Crippen LogP contribution is 2.07. The van der Waals surface area contributed by atoms with Crippen molar-refractivity contribution in [2.45, 2.75) is 33.5 Å². The molecule has 1 aromatic carbocycles. The number of nitrogens with zero attached hydrogens (tertiary/aromatic N) is 2. The number of aryl methyl sites for hydroxylation is 1. The van der Waals surface area contributed by atoms with E-state index >= 15 is 0 Å². The molecule has 0 saturated heterocycles. The van der Waals surface area contributed by atoms with Gasteiger partial charge in [0.25, 0.3) is 0 Å². The zero-order chi connectivity index (χ0) is 12.1. The van der Waals surface area contributed by atoms with E-state index in [-0.39, 0.29) is 0 Å². The van der Waals surface area contributed by atoms with E-state index in [0.29, 0.717) is 0 Å². The molecular weight excluding hydrogens is 210 g/mol. The lowest BCUT2D eigenvalue weighted by atomic mass is 10.2.